The molecule has 3 heterocycles. The summed E-state index contributed by atoms with van der Waals surface area (Å²) in [5, 5.41) is 7.61. The number of rotatable bonds is 5. The summed E-state index contributed by atoms with van der Waals surface area (Å²) in [5.41, 5.74) is 2.34. The van der Waals surface area contributed by atoms with E-state index < -0.39 is 11.7 Å². The molecule has 1 unspecified atom stereocenters. The molecule has 1 aliphatic heterocycles. The van der Waals surface area contributed by atoms with Crippen LogP contribution in [0.4, 0.5) is 19.0 Å². The molecule has 1 amide bonds. The van der Waals surface area contributed by atoms with Crippen molar-refractivity contribution in [2.45, 2.75) is 45.8 Å². The van der Waals surface area contributed by atoms with Crippen molar-refractivity contribution in [3.63, 3.8) is 0 Å². The number of nitrogens with one attached hydrogen (secondary N) is 1. The Bertz CT molecular complexity index is 1160. The summed E-state index contributed by atoms with van der Waals surface area (Å²) in [6, 6.07) is 9.84. The van der Waals surface area contributed by atoms with Gasteiger partial charge in [-0.15, -0.1) is 0 Å². The molecule has 2 aromatic heterocycles. The molecule has 6 nitrogen and oxygen atoms in total. The number of hydrogen-bond acceptors (Lipinski definition) is 4. The van der Waals surface area contributed by atoms with Crippen molar-refractivity contribution >= 4 is 11.7 Å². The lowest BCUT2D eigenvalue weighted by Crippen LogP contribution is -2.51. The van der Waals surface area contributed by atoms with Crippen LogP contribution in [0.2, 0.25) is 0 Å². The highest BCUT2D eigenvalue weighted by atomic mass is 19.4. The molecule has 0 bridgehead atoms. The third-order valence-electron chi connectivity index (χ3n) is 6.31. The molecule has 0 saturated carbocycles. The van der Waals surface area contributed by atoms with Crippen molar-refractivity contribution in [1.82, 2.24) is 19.7 Å². The molecule has 180 valence electrons. The van der Waals surface area contributed by atoms with Gasteiger partial charge >= 0.3 is 6.18 Å². The molecule has 1 fully saturated rings. The van der Waals surface area contributed by atoms with Crippen molar-refractivity contribution in [2.24, 2.45) is 5.92 Å². The molecule has 1 aliphatic rings. The molecule has 34 heavy (non-hydrogen) atoms. The monoisotopic (exact) mass is 471 g/mol. The highest BCUT2D eigenvalue weighted by Gasteiger charge is 2.34. The van der Waals surface area contributed by atoms with Crippen molar-refractivity contribution < 1.29 is 18.0 Å². The van der Waals surface area contributed by atoms with E-state index in [-0.39, 0.29) is 17.9 Å². The number of carbonyl (C=O) groups is 1. The Labute approximate surface area is 196 Å². The van der Waals surface area contributed by atoms with E-state index in [2.05, 4.69) is 22.3 Å². The quantitative estimate of drug-likeness (QED) is 0.552. The first-order valence-electron chi connectivity index (χ1n) is 11.3. The van der Waals surface area contributed by atoms with Crippen LogP contribution in [0.5, 0.6) is 0 Å². The number of aromatic nitrogens is 3. The second-order valence-corrected chi connectivity index (χ2v) is 8.92. The number of benzene rings is 1. The molecular weight excluding hydrogens is 443 g/mol. The fourth-order valence-corrected chi connectivity index (χ4v) is 4.41. The Morgan fingerprint density at radius 1 is 1.18 bits per heavy atom. The largest absolute Gasteiger partial charge is 0.417 e. The number of anilines is 1. The molecule has 1 N–H and O–H groups in total. The first kappa shape index (κ1) is 23.8. The van der Waals surface area contributed by atoms with Crippen LogP contribution in [-0.4, -0.2) is 44.7 Å². The van der Waals surface area contributed by atoms with E-state index >= 15 is 0 Å². The van der Waals surface area contributed by atoms with Gasteiger partial charge in [-0.1, -0.05) is 18.6 Å². The number of aryl methyl sites for hydroxylation is 2. The molecule has 2 atom stereocenters. The van der Waals surface area contributed by atoms with Crippen LogP contribution in [0.3, 0.4) is 0 Å². The number of carbonyl (C=O) groups excluding carboxylic acids is 1. The Hall–Kier alpha value is -3.36. The zero-order chi connectivity index (χ0) is 24.5. The van der Waals surface area contributed by atoms with Gasteiger partial charge in [-0.05, 0) is 62.9 Å². The highest BCUT2D eigenvalue weighted by molar-refractivity contribution is 5.98. The molecule has 0 aliphatic carbocycles. The van der Waals surface area contributed by atoms with Gasteiger partial charge in [-0.25, -0.2) is 9.67 Å². The van der Waals surface area contributed by atoms with Crippen molar-refractivity contribution in [2.75, 3.05) is 18.4 Å². The van der Waals surface area contributed by atoms with Crippen LogP contribution < -0.4 is 5.32 Å². The fourth-order valence-electron chi connectivity index (χ4n) is 4.41. The summed E-state index contributed by atoms with van der Waals surface area (Å²) in [6.07, 6.45) is 0.0936. The van der Waals surface area contributed by atoms with Gasteiger partial charge in [0, 0.05) is 25.5 Å². The predicted molar refractivity (Wildman–Crippen MR) is 124 cm³/mol. The average molecular weight is 472 g/mol. The minimum Gasteiger partial charge on any atom is -0.368 e. The molecule has 0 spiro atoms. The van der Waals surface area contributed by atoms with Crippen molar-refractivity contribution in [3.8, 4) is 5.69 Å². The van der Waals surface area contributed by atoms with E-state index in [4.69, 9.17) is 0 Å². The Kier molecular flexibility index (Phi) is 6.63. The van der Waals surface area contributed by atoms with Crippen LogP contribution in [0, 0.1) is 19.8 Å². The Morgan fingerprint density at radius 3 is 2.62 bits per heavy atom. The predicted octanol–water partition coefficient (Wildman–Crippen LogP) is 5.26. The number of amides is 1. The standard InChI is InChI=1S/C25H28F3N5O/c1-16-6-8-21(33-12-10-18(3)31-33)20(13-16)24(34)32-11-4-5-17(2)22(32)15-30-23-9-7-19(14-29-23)25(26,27)28/h6-10,12-14,17,22H,4-5,11,15H2,1-3H3,(H,29,30)/t17-,22?/m1/s1. The minimum atomic E-state index is -4.43. The van der Waals surface area contributed by atoms with Crippen molar-refractivity contribution in [1.29, 1.82) is 0 Å². The Balaban J connectivity index is 1.57. The molecule has 9 heteroatoms. The van der Waals surface area contributed by atoms with E-state index in [1.165, 1.54) is 6.07 Å². The van der Waals surface area contributed by atoms with E-state index in [9.17, 15) is 18.0 Å². The van der Waals surface area contributed by atoms with Crippen LogP contribution >= 0.6 is 0 Å². The molecular formula is C25H28F3N5O. The SMILES string of the molecule is Cc1ccc(-n2ccc(C)n2)c(C(=O)N2CCC[C@@H](C)C2CNc2ccc(C(F)(F)F)cn2)c1. The maximum absolute atomic E-state index is 13.8. The lowest BCUT2D eigenvalue weighted by Gasteiger charge is -2.40. The normalized spacial score (nSPS) is 18.7. The first-order valence-corrected chi connectivity index (χ1v) is 11.3. The number of likely N-dealkylation sites (tertiary alicyclic amines) is 1. The number of halogens is 3. The van der Waals surface area contributed by atoms with Gasteiger partial charge in [-0.3, -0.25) is 4.79 Å². The number of alkyl halides is 3. The molecule has 3 aromatic rings. The highest BCUT2D eigenvalue weighted by Crippen LogP contribution is 2.30. The van der Waals surface area contributed by atoms with Crippen LogP contribution in [0.15, 0.2) is 48.8 Å². The van der Waals surface area contributed by atoms with Crippen LogP contribution in [0.25, 0.3) is 5.69 Å². The maximum atomic E-state index is 13.8. The topological polar surface area (TPSA) is 63.1 Å². The van der Waals surface area contributed by atoms with E-state index in [1.54, 1.807) is 4.68 Å². The third-order valence-corrected chi connectivity index (χ3v) is 6.31. The van der Waals surface area contributed by atoms with Gasteiger partial charge in [0.05, 0.1) is 28.6 Å². The van der Waals surface area contributed by atoms with Gasteiger partial charge in [0.1, 0.15) is 5.82 Å². The maximum Gasteiger partial charge on any atom is 0.417 e. The number of pyridine rings is 1. The first-order chi connectivity index (χ1) is 16.1. The smallest absolute Gasteiger partial charge is 0.368 e. The second-order valence-electron chi connectivity index (χ2n) is 8.92. The van der Waals surface area contributed by atoms with Gasteiger partial charge in [0.2, 0.25) is 0 Å². The number of nitrogens with zero attached hydrogens (tertiary/aromatic N) is 4. The summed E-state index contributed by atoms with van der Waals surface area (Å²) in [6.45, 7) is 6.95. The second kappa shape index (κ2) is 9.48. The van der Waals surface area contributed by atoms with Crippen LogP contribution in [-0.2, 0) is 6.18 Å². The summed E-state index contributed by atoms with van der Waals surface area (Å²) in [7, 11) is 0. The molecule has 1 saturated heterocycles. The van der Waals surface area contributed by atoms with Gasteiger partial charge in [0.25, 0.3) is 5.91 Å². The summed E-state index contributed by atoms with van der Waals surface area (Å²) in [4.78, 5) is 19.6. The minimum absolute atomic E-state index is 0.0782. The summed E-state index contributed by atoms with van der Waals surface area (Å²) < 4.78 is 40.2. The lowest BCUT2D eigenvalue weighted by atomic mass is 9.89. The van der Waals surface area contributed by atoms with E-state index in [1.807, 2.05) is 49.2 Å². The van der Waals surface area contributed by atoms with E-state index in [0.717, 1.165) is 42.0 Å². The number of hydrogen-bond donors (Lipinski definition) is 1. The third kappa shape index (κ3) is 5.08. The van der Waals surface area contributed by atoms with Gasteiger partial charge < -0.3 is 10.2 Å². The number of piperidine rings is 1. The van der Waals surface area contributed by atoms with E-state index in [0.29, 0.717) is 24.5 Å². The fraction of sp³-hybridized carbons (Fsp3) is 0.400. The lowest BCUT2D eigenvalue weighted by molar-refractivity contribution is -0.137. The summed E-state index contributed by atoms with van der Waals surface area (Å²) in [5.74, 6) is 0.492. The average Bonchev–Trinajstić information content (AvgIpc) is 3.23. The van der Waals surface area contributed by atoms with Crippen LogP contribution in [0.1, 0.15) is 46.9 Å². The zero-order valence-corrected chi connectivity index (χ0v) is 19.4. The van der Waals surface area contributed by atoms with Gasteiger partial charge in [-0.2, -0.15) is 18.3 Å². The molecule has 4 rings (SSSR count). The molecule has 0 radical (unpaired) electrons. The Morgan fingerprint density at radius 2 is 1.97 bits per heavy atom. The van der Waals surface area contributed by atoms with Crippen molar-refractivity contribution in [3.05, 3.63) is 71.2 Å². The summed E-state index contributed by atoms with van der Waals surface area (Å²) >= 11 is 0. The zero-order valence-electron chi connectivity index (χ0n) is 19.4. The van der Waals surface area contributed by atoms with Gasteiger partial charge in [0.15, 0.2) is 0 Å². The molecule has 1 aromatic carbocycles.